The largest absolute Gasteiger partial charge is 0.469 e. The molecule has 0 radical (unpaired) electrons. The summed E-state index contributed by atoms with van der Waals surface area (Å²) in [5, 5.41) is 3.06. The van der Waals surface area contributed by atoms with Gasteiger partial charge in [0.05, 0.1) is 13.0 Å². The summed E-state index contributed by atoms with van der Waals surface area (Å²) in [5.74, 6) is 0.940. The minimum Gasteiger partial charge on any atom is -0.469 e. The van der Waals surface area contributed by atoms with Crippen LogP contribution < -0.4 is 4.90 Å². The summed E-state index contributed by atoms with van der Waals surface area (Å²) >= 11 is 5.04. The number of piperidine rings is 1. The van der Waals surface area contributed by atoms with Gasteiger partial charge >= 0.3 is 5.97 Å². The van der Waals surface area contributed by atoms with Crippen molar-refractivity contribution in [3.63, 3.8) is 0 Å². The van der Waals surface area contributed by atoms with E-state index in [1.165, 1.54) is 7.11 Å². The van der Waals surface area contributed by atoms with Crippen LogP contribution in [0.2, 0.25) is 0 Å². The summed E-state index contributed by atoms with van der Waals surface area (Å²) in [6.45, 7) is 1.85. The van der Waals surface area contributed by atoms with E-state index >= 15 is 0 Å². The minimum absolute atomic E-state index is 0.0255. The lowest BCUT2D eigenvalue weighted by Gasteiger charge is -2.36. The van der Waals surface area contributed by atoms with Crippen LogP contribution in [0.5, 0.6) is 0 Å². The maximum absolute atomic E-state index is 11.8. The molecule has 1 aromatic heterocycles. The van der Waals surface area contributed by atoms with Gasteiger partial charge in [0, 0.05) is 18.5 Å². The normalized spacial score (nSPS) is 30.6. The summed E-state index contributed by atoms with van der Waals surface area (Å²) in [5.41, 5.74) is 0. The highest BCUT2D eigenvalue weighted by molar-refractivity contribution is 9.10. The highest BCUT2D eigenvalue weighted by atomic mass is 79.9. The molecule has 1 aliphatic carbocycles. The first-order valence-corrected chi connectivity index (χ1v) is 7.80. The van der Waals surface area contributed by atoms with Gasteiger partial charge in [0.2, 0.25) is 0 Å². The zero-order valence-corrected chi connectivity index (χ0v) is 12.5. The number of hydrogen-bond acceptors (Lipinski definition) is 5. The van der Waals surface area contributed by atoms with Gasteiger partial charge in [0.1, 0.15) is 4.60 Å². The Morgan fingerprint density at radius 1 is 1.50 bits per heavy atom. The number of thiazole rings is 1. The predicted octanol–water partition coefficient (Wildman–Crippen LogP) is 2.54. The number of ether oxygens (including phenoxy) is 1. The van der Waals surface area contributed by atoms with Crippen LogP contribution in [0.15, 0.2) is 9.98 Å². The zero-order valence-electron chi connectivity index (χ0n) is 10.1. The van der Waals surface area contributed by atoms with Gasteiger partial charge in [-0.05, 0) is 40.6 Å². The molecule has 2 heterocycles. The fourth-order valence-electron chi connectivity index (χ4n) is 3.29. The Kier molecular flexibility index (Phi) is 3.32. The van der Waals surface area contributed by atoms with Crippen molar-refractivity contribution >= 4 is 38.4 Å². The summed E-state index contributed by atoms with van der Waals surface area (Å²) in [4.78, 5) is 18.6. The van der Waals surface area contributed by atoms with Gasteiger partial charge in [-0.2, -0.15) is 0 Å². The number of fused-ring (bicyclic) bond motifs is 2. The molecule has 0 N–H and O–H groups in total. The van der Waals surface area contributed by atoms with Gasteiger partial charge in [-0.1, -0.05) is 0 Å². The Balaban J connectivity index is 1.77. The lowest BCUT2D eigenvalue weighted by atomic mass is 9.85. The molecule has 3 rings (SSSR count). The number of esters is 1. The molecule has 1 saturated heterocycles. The van der Waals surface area contributed by atoms with E-state index in [0.29, 0.717) is 11.8 Å². The van der Waals surface area contributed by atoms with Crippen molar-refractivity contribution in [3.8, 4) is 0 Å². The van der Waals surface area contributed by atoms with E-state index in [-0.39, 0.29) is 11.9 Å². The average Bonchev–Trinajstić information content (AvgIpc) is 2.90. The van der Waals surface area contributed by atoms with Crippen LogP contribution in [0, 0.1) is 17.8 Å². The number of halogens is 1. The van der Waals surface area contributed by atoms with Crippen molar-refractivity contribution < 1.29 is 9.53 Å². The van der Waals surface area contributed by atoms with Crippen LogP contribution in [0.25, 0.3) is 0 Å². The van der Waals surface area contributed by atoms with Gasteiger partial charge in [-0.15, -0.1) is 11.3 Å². The van der Waals surface area contributed by atoms with Crippen molar-refractivity contribution in [2.24, 2.45) is 17.8 Å². The number of nitrogens with zero attached hydrogens (tertiary/aromatic N) is 2. The summed E-state index contributed by atoms with van der Waals surface area (Å²) in [6.07, 6.45) is 2.26. The molecular weight excluding hydrogens is 316 g/mol. The van der Waals surface area contributed by atoms with Crippen LogP contribution in [0.4, 0.5) is 5.13 Å². The third kappa shape index (κ3) is 2.05. The molecule has 2 aliphatic rings. The van der Waals surface area contributed by atoms with Crippen molar-refractivity contribution in [1.82, 2.24) is 4.98 Å². The van der Waals surface area contributed by atoms with E-state index in [1.807, 2.05) is 5.38 Å². The van der Waals surface area contributed by atoms with Gasteiger partial charge in [0.25, 0.3) is 0 Å². The monoisotopic (exact) mass is 330 g/mol. The third-order valence-corrected chi connectivity index (χ3v) is 5.65. The van der Waals surface area contributed by atoms with E-state index in [4.69, 9.17) is 4.74 Å². The lowest BCUT2D eigenvalue weighted by Crippen LogP contribution is -2.45. The maximum Gasteiger partial charge on any atom is 0.309 e. The maximum atomic E-state index is 11.8. The molecule has 1 aliphatic heterocycles. The van der Waals surface area contributed by atoms with E-state index < -0.39 is 0 Å². The number of hydrogen-bond donors (Lipinski definition) is 0. The second kappa shape index (κ2) is 4.81. The first-order valence-electron chi connectivity index (χ1n) is 6.13. The Morgan fingerprint density at radius 3 is 2.67 bits per heavy atom. The fraction of sp³-hybridized carbons (Fsp3) is 0.667. The molecule has 0 aromatic carbocycles. The highest BCUT2D eigenvalue weighted by Crippen LogP contribution is 2.44. The molecule has 4 nitrogen and oxygen atoms in total. The van der Waals surface area contributed by atoms with Gasteiger partial charge in [-0.25, -0.2) is 4.98 Å². The Bertz CT molecular complexity index is 451. The quantitative estimate of drug-likeness (QED) is 0.781. The standard InChI is InChI=1S/C12H15BrN2O2S/c1-17-11(16)10-7-2-3-8(10)5-15(4-7)12-14-9(13)6-18-12/h6-8,10H,2-5H2,1H3/t7-,8+,10+. The fourth-order valence-corrected chi connectivity index (χ4v) is 4.56. The highest BCUT2D eigenvalue weighted by Gasteiger charge is 2.46. The lowest BCUT2D eigenvalue weighted by molar-refractivity contribution is -0.148. The Morgan fingerprint density at radius 2 is 2.17 bits per heavy atom. The molecule has 3 atom stereocenters. The molecule has 0 spiro atoms. The van der Waals surface area contributed by atoms with Crippen LogP contribution in [-0.2, 0) is 9.53 Å². The van der Waals surface area contributed by atoms with E-state index in [1.54, 1.807) is 11.3 Å². The second-order valence-corrected chi connectivity index (χ2v) is 6.65. The van der Waals surface area contributed by atoms with Crippen LogP contribution >= 0.6 is 27.3 Å². The molecule has 2 bridgehead atoms. The minimum atomic E-state index is -0.0255. The second-order valence-electron chi connectivity index (χ2n) is 5.00. The van der Waals surface area contributed by atoms with Crippen molar-refractivity contribution in [2.45, 2.75) is 12.8 Å². The molecule has 6 heteroatoms. The average molecular weight is 331 g/mol. The van der Waals surface area contributed by atoms with Crippen molar-refractivity contribution in [2.75, 3.05) is 25.1 Å². The molecule has 1 saturated carbocycles. The molecule has 18 heavy (non-hydrogen) atoms. The van der Waals surface area contributed by atoms with E-state index in [9.17, 15) is 4.79 Å². The number of methoxy groups -OCH3 is 1. The Hall–Kier alpha value is -0.620. The van der Waals surface area contributed by atoms with Crippen molar-refractivity contribution in [1.29, 1.82) is 0 Å². The molecule has 98 valence electrons. The molecule has 1 aromatic rings. The first kappa shape index (κ1) is 12.4. The molecule has 2 fully saturated rings. The summed E-state index contributed by atoms with van der Waals surface area (Å²) in [7, 11) is 1.49. The first-order chi connectivity index (χ1) is 8.69. The number of aromatic nitrogens is 1. The Labute approximate surface area is 118 Å². The zero-order chi connectivity index (χ0) is 12.7. The number of carbonyl (C=O) groups excluding carboxylic acids is 1. The number of rotatable bonds is 2. The van der Waals surface area contributed by atoms with E-state index in [2.05, 4.69) is 25.8 Å². The SMILES string of the molecule is COC(=O)[C@H]1[C@@H]2CC[C@H]1CN(c1nc(Br)cs1)C2. The van der Waals surface area contributed by atoms with Crippen LogP contribution in [0.3, 0.4) is 0 Å². The van der Waals surface area contributed by atoms with E-state index in [0.717, 1.165) is 35.7 Å². The number of carbonyl (C=O) groups is 1. The molecule has 0 amide bonds. The predicted molar refractivity (Wildman–Crippen MR) is 73.7 cm³/mol. The van der Waals surface area contributed by atoms with Crippen LogP contribution in [-0.4, -0.2) is 31.2 Å². The topological polar surface area (TPSA) is 42.4 Å². The summed E-state index contributed by atoms with van der Waals surface area (Å²) < 4.78 is 5.83. The number of anilines is 1. The molecule has 0 unspecified atom stereocenters. The summed E-state index contributed by atoms with van der Waals surface area (Å²) in [6, 6.07) is 0. The molecular formula is C12H15BrN2O2S. The smallest absolute Gasteiger partial charge is 0.309 e. The van der Waals surface area contributed by atoms with Gasteiger partial charge in [0.15, 0.2) is 5.13 Å². The van der Waals surface area contributed by atoms with Crippen molar-refractivity contribution in [3.05, 3.63) is 9.98 Å². The van der Waals surface area contributed by atoms with Crippen LogP contribution in [0.1, 0.15) is 12.8 Å². The van der Waals surface area contributed by atoms with Gasteiger partial charge in [-0.3, -0.25) is 4.79 Å². The van der Waals surface area contributed by atoms with Gasteiger partial charge < -0.3 is 9.64 Å². The third-order valence-electron chi connectivity index (χ3n) is 4.04.